The second-order valence-electron chi connectivity index (χ2n) is 5.20. The Hall–Kier alpha value is -1.57. The van der Waals surface area contributed by atoms with Crippen LogP contribution in [0.3, 0.4) is 0 Å². The summed E-state index contributed by atoms with van der Waals surface area (Å²) in [7, 11) is 0. The Kier molecular flexibility index (Phi) is 3.17. The smallest absolute Gasteiger partial charge is 0.256 e. The third-order valence-corrected chi connectivity index (χ3v) is 3.89. The molecule has 0 aromatic rings. The summed E-state index contributed by atoms with van der Waals surface area (Å²) in [4.78, 5) is 21.1. The maximum atomic E-state index is 11.6. The molecule has 7 heteroatoms. The normalized spacial score (nSPS) is 36.8. The molecular weight excluding hydrogens is 248 g/mol. The van der Waals surface area contributed by atoms with Gasteiger partial charge in [0.05, 0.1) is 31.1 Å². The van der Waals surface area contributed by atoms with Crippen LogP contribution < -0.4 is 10.2 Å². The van der Waals surface area contributed by atoms with E-state index in [0.717, 1.165) is 12.1 Å². The minimum Gasteiger partial charge on any atom is -0.396 e. The SMILES string of the molecule is O=C1NC=NC2=C(C[NH+]3CC(CO)[C@H](O)C3)C=NC12. The van der Waals surface area contributed by atoms with Gasteiger partial charge in [-0.2, -0.15) is 0 Å². The van der Waals surface area contributed by atoms with Crippen molar-refractivity contribution in [2.24, 2.45) is 15.9 Å². The molecule has 1 saturated heterocycles. The molecule has 0 radical (unpaired) electrons. The number of fused-ring (bicyclic) bond motifs is 1. The van der Waals surface area contributed by atoms with Gasteiger partial charge in [-0.25, -0.2) is 4.99 Å². The lowest BCUT2D eigenvalue weighted by Crippen LogP contribution is -3.11. The first kappa shape index (κ1) is 12.5. The summed E-state index contributed by atoms with van der Waals surface area (Å²) in [6.07, 6.45) is 2.64. The molecule has 4 atom stereocenters. The first-order valence-electron chi connectivity index (χ1n) is 6.40. The van der Waals surface area contributed by atoms with Gasteiger partial charge in [-0.1, -0.05) is 0 Å². The van der Waals surface area contributed by atoms with Crippen molar-refractivity contribution in [1.82, 2.24) is 5.32 Å². The van der Waals surface area contributed by atoms with Crippen LogP contribution in [0.25, 0.3) is 0 Å². The van der Waals surface area contributed by atoms with E-state index in [1.807, 2.05) is 0 Å². The van der Waals surface area contributed by atoms with Crippen LogP contribution in [-0.4, -0.2) is 67.1 Å². The zero-order valence-corrected chi connectivity index (χ0v) is 10.4. The molecule has 1 fully saturated rings. The Morgan fingerprint density at radius 3 is 3.05 bits per heavy atom. The number of aliphatic hydroxyl groups excluding tert-OH is 2. The van der Waals surface area contributed by atoms with E-state index >= 15 is 0 Å². The number of aliphatic hydroxyl groups is 2. The van der Waals surface area contributed by atoms with Crippen LogP contribution in [0.4, 0.5) is 0 Å². The number of carbonyl (C=O) groups excluding carboxylic acids is 1. The van der Waals surface area contributed by atoms with Gasteiger partial charge in [-0.15, -0.1) is 0 Å². The molecule has 3 unspecified atom stereocenters. The minimum absolute atomic E-state index is 0.00778. The summed E-state index contributed by atoms with van der Waals surface area (Å²) in [6, 6.07) is -0.513. The molecule has 0 aromatic heterocycles. The molecule has 4 N–H and O–H groups in total. The van der Waals surface area contributed by atoms with Crippen LogP contribution in [0.15, 0.2) is 21.3 Å². The summed E-state index contributed by atoms with van der Waals surface area (Å²) in [5, 5.41) is 21.5. The molecule has 3 rings (SSSR count). The molecule has 19 heavy (non-hydrogen) atoms. The van der Waals surface area contributed by atoms with Gasteiger partial charge in [0.15, 0.2) is 6.04 Å². The fraction of sp³-hybridized carbons (Fsp3) is 0.583. The van der Waals surface area contributed by atoms with E-state index in [2.05, 4.69) is 15.3 Å². The topological polar surface area (TPSA) is 98.7 Å². The Labute approximate surface area is 110 Å². The first-order chi connectivity index (χ1) is 9.19. The number of aliphatic imine (C=N–C) groups is 2. The number of quaternary nitrogens is 1. The number of amides is 1. The van der Waals surface area contributed by atoms with Gasteiger partial charge in [0, 0.05) is 11.8 Å². The number of rotatable bonds is 3. The van der Waals surface area contributed by atoms with Crippen molar-refractivity contribution in [2.75, 3.05) is 26.2 Å². The second kappa shape index (κ2) is 4.84. The standard InChI is InChI=1S/C12H16N4O3/c17-5-8-3-16(4-9(8)18)2-7-1-13-11-10(7)14-6-15-12(11)19/h1,6,8-9,11,17-18H,2-5H2,(H,14,15,19)/p+1/t8?,9-,11?/m1/s1. The molecule has 3 aliphatic heterocycles. The molecule has 0 bridgehead atoms. The number of hydrogen-bond acceptors (Lipinski definition) is 5. The molecule has 0 aliphatic carbocycles. The fourth-order valence-corrected chi connectivity index (χ4v) is 2.86. The van der Waals surface area contributed by atoms with Gasteiger partial charge >= 0.3 is 0 Å². The molecule has 0 spiro atoms. The van der Waals surface area contributed by atoms with Crippen molar-refractivity contribution >= 4 is 18.5 Å². The van der Waals surface area contributed by atoms with Crippen molar-refractivity contribution < 1.29 is 19.9 Å². The fourth-order valence-electron chi connectivity index (χ4n) is 2.86. The molecule has 3 aliphatic rings. The van der Waals surface area contributed by atoms with Crippen LogP contribution in [0.2, 0.25) is 0 Å². The number of nitrogens with one attached hydrogen (secondary N) is 2. The molecule has 0 aromatic carbocycles. The number of carbonyl (C=O) groups is 1. The quantitative estimate of drug-likeness (QED) is 0.430. The lowest BCUT2D eigenvalue weighted by Gasteiger charge is -2.15. The van der Waals surface area contributed by atoms with Gasteiger partial charge in [-0.05, 0) is 0 Å². The lowest BCUT2D eigenvalue weighted by molar-refractivity contribution is -0.884. The van der Waals surface area contributed by atoms with Gasteiger partial charge in [-0.3, -0.25) is 9.79 Å². The highest BCUT2D eigenvalue weighted by molar-refractivity contribution is 6.01. The Balaban J connectivity index is 1.73. The number of likely N-dealkylation sites (tertiary alicyclic amines) is 1. The van der Waals surface area contributed by atoms with Crippen LogP contribution in [-0.2, 0) is 4.79 Å². The maximum Gasteiger partial charge on any atom is 0.256 e. The van der Waals surface area contributed by atoms with Crippen LogP contribution in [0, 0.1) is 5.92 Å². The second-order valence-corrected chi connectivity index (χ2v) is 5.20. The Morgan fingerprint density at radius 1 is 1.47 bits per heavy atom. The van der Waals surface area contributed by atoms with E-state index in [-0.39, 0.29) is 18.4 Å². The van der Waals surface area contributed by atoms with E-state index in [4.69, 9.17) is 5.11 Å². The zero-order chi connectivity index (χ0) is 13.4. The van der Waals surface area contributed by atoms with Crippen LogP contribution in [0.5, 0.6) is 0 Å². The Morgan fingerprint density at radius 2 is 2.32 bits per heavy atom. The predicted molar refractivity (Wildman–Crippen MR) is 68.1 cm³/mol. The van der Waals surface area contributed by atoms with Gasteiger partial charge in [0.1, 0.15) is 19.2 Å². The maximum absolute atomic E-state index is 11.6. The molecule has 3 heterocycles. The predicted octanol–water partition coefficient (Wildman–Crippen LogP) is -3.28. The van der Waals surface area contributed by atoms with E-state index in [1.165, 1.54) is 11.2 Å². The van der Waals surface area contributed by atoms with Crippen LogP contribution >= 0.6 is 0 Å². The largest absolute Gasteiger partial charge is 0.396 e. The van der Waals surface area contributed by atoms with Crippen molar-refractivity contribution in [1.29, 1.82) is 0 Å². The number of nitrogens with zero attached hydrogens (tertiary/aromatic N) is 2. The van der Waals surface area contributed by atoms with Gasteiger partial charge < -0.3 is 20.4 Å². The molecule has 102 valence electrons. The highest BCUT2D eigenvalue weighted by Crippen LogP contribution is 2.20. The van der Waals surface area contributed by atoms with Gasteiger partial charge in [0.25, 0.3) is 5.91 Å². The third-order valence-electron chi connectivity index (χ3n) is 3.89. The van der Waals surface area contributed by atoms with Crippen molar-refractivity contribution in [3.8, 4) is 0 Å². The van der Waals surface area contributed by atoms with Crippen molar-refractivity contribution in [3.05, 3.63) is 11.3 Å². The van der Waals surface area contributed by atoms with Crippen molar-refractivity contribution in [2.45, 2.75) is 12.1 Å². The zero-order valence-electron chi connectivity index (χ0n) is 10.4. The summed E-state index contributed by atoms with van der Waals surface area (Å²) < 4.78 is 0. The highest BCUT2D eigenvalue weighted by Gasteiger charge is 2.37. The number of hydrogen-bond donors (Lipinski definition) is 4. The van der Waals surface area contributed by atoms with Crippen molar-refractivity contribution in [3.63, 3.8) is 0 Å². The Bertz CT molecular complexity index is 485. The summed E-state index contributed by atoms with van der Waals surface area (Å²) in [6.45, 7) is 2.01. The van der Waals surface area contributed by atoms with Gasteiger partial charge in [0.2, 0.25) is 0 Å². The average Bonchev–Trinajstić information content (AvgIpc) is 2.95. The van der Waals surface area contributed by atoms with E-state index in [0.29, 0.717) is 18.8 Å². The van der Waals surface area contributed by atoms with E-state index < -0.39 is 12.1 Å². The molecular formula is C12H17N4O3+. The summed E-state index contributed by atoms with van der Waals surface area (Å²) in [5.41, 5.74) is 1.65. The van der Waals surface area contributed by atoms with E-state index in [1.54, 1.807) is 6.21 Å². The highest BCUT2D eigenvalue weighted by atomic mass is 16.3. The minimum atomic E-state index is -0.513. The monoisotopic (exact) mass is 265 g/mol. The molecule has 1 amide bonds. The first-order valence-corrected chi connectivity index (χ1v) is 6.40. The average molecular weight is 265 g/mol. The summed E-state index contributed by atoms with van der Waals surface area (Å²) >= 11 is 0. The third kappa shape index (κ3) is 2.20. The lowest BCUT2D eigenvalue weighted by atomic mass is 10.1. The van der Waals surface area contributed by atoms with Crippen LogP contribution in [0.1, 0.15) is 0 Å². The molecule has 0 saturated carbocycles. The van der Waals surface area contributed by atoms with E-state index in [9.17, 15) is 9.90 Å². The molecule has 7 nitrogen and oxygen atoms in total. The summed E-state index contributed by atoms with van der Waals surface area (Å²) in [5.74, 6) is -0.214.